The molecule has 4 nitrogen and oxygen atoms in total. The summed E-state index contributed by atoms with van der Waals surface area (Å²) in [5.74, 6) is 5.60. The molecule has 0 saturated carbocycles. The molecule has 0 aliphatic heterocycles. The van der Waals surface area contributed by atoms with Crippen molar-refractivity contribution in [2.24, 2.45) is 0 Å². The van der Waals surface area contributed by atoms with Crippen LogP contribution in [-0.4, -0.2) is 43.7 Å². The molecule has 0 spiro atoms. The number of carbonyl (C=O) groups is 1. The fourth-order valence-corrected chi connectivity index (χ4v) is 1.35. The molecule has 0 aromatic carbocycles. The molecular formula is C11H18BrNO3. The van der Waals surface area contributed by atoms with Gasteiger partial charge in [-0.3, -0.25) is 4.79 Å². The average Bonchev–Trinajstić information content (AvgIpc) is 2.17. The summed E-state index contributed by atoms with van der Waals surface area (Å²) in [7, 11) is 3.12. The lowest BCUT2D eigenvalue weighted by Crippen LogP contribution is -2.46. The van der Waals surface area contributed by atoms with Gasteiger partial charge in [0, 0.05) is 14.2 Å². The highest BCUT2D eigenvalue weighted by Crippen LogP contribution is 2.05. The molecule has 5 heteroatoms. The first kappa shape index (κ1) is 15.4. The van der Waals surface area contributed by atoms with Crippen LogP contribution in [0.5, 0.6) is 0 Å². The Kier molecular flexibility index (Phi) is 7.39. The predicted molar refractivity (Wildman–Crippen MR) is 66.5 cm³/mol. The number of amides is 1. The van der Waals surface area contributed by atoms with Crippen molar-refractivity contribution in [3.8, 4) is 11.8 Å². The Morgan fingerprint density at radius 2 is 2.06 bits per heavy atom. The Labute approximate surface area is 105 Å². The maximum atomic E-state index is 11.6. The van der Waals surface area contributed by atoms with Crippen molar-refractivity contribution in [2.45, 2.75) is 24.2 Å². The number of alkyl halides is 1. The van der Waals surface area contributed by atoms with Crippen molar-refractivity contribution < 1.29 is 14.3 Å². The number of hydrogen-bond acceptors (Lipinski definition) is 3. The third-order valence-corrected chi connectivity index (χ3v) is 2.33. The van der Waals surface area contributed by atoms with Crippen LogP contribution in [0.4, 0.5) is 0 Å². The molecule has 0 aliphatic rings. The third-order valence-electron chi connectivity index (χ3n) is 1.65. The van der Waals surface area contributed by atoms with Gasteiger partial charge in [0.1, 0.15) is 11.4 Å². The van der Waals surface area contributed by atoms with E-state index in [2.05, 4.69) is 33.1 Å². The van der Waals surface area contributed by atoms with Crippen molar-refractivity contribution >= 4 is 21.8 Å². The van der Waals surface area contributed by atoms with E-state index in [1.807, 2.05) is 13.8 Å². The molecule has 0 radical (unpaired) electrons. The monoisotopic (exact) mass is 291 g/mol. The van der Waals surface area contributed by atoms with Crippen LogP contribution < -0.4 is 5.32 Å². The number of nitrogens with one attached hydrogen (secondary N) is 1. The Hall–Kier alpha value is -0.570. The molecule has 0 bridgehead atoms. The van der Waals surface area contributed by atoms with E-state index in [1.165, 1.54) is 0 Å². The Bertz CT molecular complexity index is 281. The van der Waals surface area contributed by atoms with Crippen LogP contribution in [0.25, 0.3) is 0 Å². The normalized spacial score (nSPS) is 12.6. The van der Waals surface area contributed by atoms with E-state index in [9.17, 15) is 4.79 Å². The summed E-state index contributed by atoms with van der Waals surface area (Å²) in [6, 6.07) is 0. The minimum Gasteiger partial charge on any atom is -0.383 e. The van der Waals surface area contributed by atoms with Crippen LogP contribution in [0.3, 0.4) is 0 Å². The number of hydrogen-bond donors (Lipinski definition) is 1. The average molecular weight is 292 g/mol. The van der Waals surface area contributed by atoms with Gasteiger partial charge in [-0.25, -0.2) is 0 Å². The zero-order chi connectivity index (χ0) is 12.6. The van der Waals surface area contributed by atoms with Crippen molar-refractivity contribution in [1.82, 2.24) is 5.32 Å². The summed E-state index contributed by atoms with van der Waals surface area (Å²) in [6.07, 6.45) is 0. The summed E-state index contributed by atoms with van der Waals surface area (Å²) in [6.45, 7) is 4.35. The van der Waals surface area contributed by atoms with E-state index < -0.39 is 5.54 Å². The highest BCUT2D eigenvalue weighted by molar-refractivity contribution is 9.10. The number of rotatable bonds is 5. The van der Waals surface area contributed by atoms with Crippen molar-refractivity contribution in [2.75, 3.05) is 27.4 Å². The number of carbonyl (C=O) groups excluding carboxylic acids is 1. The molecule has 0 saturated heterocycles. The number of ether oxygens (including phenoxy) is 2. The van der Waals surface area contributed by atoms with Crippen molar-refractivity contribution in [1.29, 1.82) is 0 Å². The molecule has 1 amide bonds. The highest BCUT2D eigenvalue weighted by Gasteiger charge is 2.22. The fraction of sp³-hybridized carbons (Fsp3) is 0.727. The molecule has 1 atom stereocenters. The van der Waals surface area contributed by atoms with Gasteiger partial charge < -0.3 is 14.8 Å². The van der Waals surface area contributed by atoms with Crippen LogP contribution in [0, 0.1) is 11.8 Å². The minimum atomic E-state index is -0.574. The topological polar surface area (TPSA) is 47.6 Å². The fourth-order valence-electron chi connectivity index (χ4n) is 0.969. The van der Waals surface area contributed by atoms with Crippen LogP contribution >= 0.6 is 15.9 Å². The minimum absolute atomic E-state index is 0.140. The maximum Gasteiger partial charge on any atom is 0.237 e. The predicted octanol–water partition coefficient (Wildman–Crippen LogP) is 0.941. The number of halogens is 1. The van der Waals surface area contributed by atoms with E-state index in [-0.39, 0.29) is 10.7 Å². The Morgan fingerprint density at radius 1 is 1.44 bits per heavy atom. The van der Waals surface area contributed by atoms with E-state index in [0.29, 0.717) is 13.2 Å². The van der Waals surface area contributed by atoms with Gasteiger partial charge in [-0.1, -0.05) is 27.8 Å². The number of methoxy groups -OCH3 is 2. The van der Waals surface area contributed by atoms with Crippen LogP contribution in [0.1, 0.15) is 13.8 Å². The molecule has 16 heavy (non-hydrogen) atoms. The molecule has 1 N–H and O–H groups in total. The first-order chi connectivity index (χ1) is 7.43. The zero-order valence-electron chi connectivity index (χ0n) is 10.1. The van der Waals surface area contributed by atoms with Gasteiger partial charge in [-0.05, 0) is 13.8 Å². The van der Waals surface area contributed by atoms with Gasteiger partial charge in [0.2, 0.25) is 5.91 Å². The van der Waals surface area contributed by atoms with Crippen LogP contribution in [0.2, 0.25) is 0 Å². The van der Waals surface area contributed by atoms with Crippen molar-refractivity contribution in [3.05, 3.63) is 0 Å². The summed E-state index contributed by atoms with van der Waals surface area (Å²) >= 11 is 3.23. The van der Waals surface area contributed by atoms with E-state index in [4.69, 9.17) is 9.47 Å². The molecule has 0 aromatic rings. The molecule has 0 aromatic heterocycles. The molecule has 0 fully saturated rings. The second-order valence-electron chi connectivity index (χ2n) is 3.77. The Balaban J connectivity index is 4.26. The van der Waals surface area contributed by atoms with E-state index in [1.54, 1.807) is 14.2 Å². The molecule has 0 aliphatic carbocycles. The highest BCUT2D eigenvalue weighted by atomic mass is 79.9. The first-order valence-electron chi connectivity index (χ1n) is 4.87. The molecule has 0 heterocycles. The van der Waals surface area contributed by atoms with Crippen LogP contribution in [0.15, 0.2) is 0 Å². The quantitative estimate of drug-likeness (QED) is 0.606. The third kappa shape index (κ3) is 6.83. The van der Waals surface area contributed by atoms with Crippen LogP contribution in [-0.2, 0) is 14.3 Å². The van der Waals surface area contributed by atoms with Gasteiger partial charge in [0.25, 0.3) is 0 Å². The van der Waals surface area contributed by atoms with Gasteiger partial charge in [0.05, 0.1) is 12.1 Å². The SMILES string of the molecule is COCC#CC(C)(C)NC(=O)C(Br)COC. The lowest BCUT2D eigenvalue weighted by molar-refractivity contribution is -0.122. The lowest BCUT2D eigenvalue weighted by Gasteiger charge is -2.21. The molecular weight excluding hydrogens is 274 g/mol. The Morgan fingerprint density at radius 3 is 2.56 bits per heavy atom. The summed E-state index contributed by atoms with van der Waals surface area (Å²) < 4.78 is 9.69. The molecule has 0 rings (SSSR count). The van der Waals surface area contributed by atoms with Gasteiger partial charge in [-0.15, -0.1) is 0 Å². The van der Waals surface area contributed by atoms with E-state index >= 15 is 0 Å². The largest absolute Gasteiger partial charge is 0.383 e. The standard InChI is InChI=1S/C11H18BrNO3/c1-11(2,6-5-7-15-3)13-10(14)9(12)8-16-4/h9H,7-8H2,1-4H3,(H,13,14). The molecule has 1 unspecified atom stereocenters. The lowest BCUT2D eigenvalue weighted by atomic mass is 10.1. The van der Waals surface area contributed by atoms with Gasteiger partial charge in [-0.2, -0.15) is 0 Å². The second kappa shape index (κ2) is 7.66. The molecule has 92 valence electrons. The first-order valence-corrected chi connectivity index (χ1v) is 5.78. The summed E-state index contributed by atoms with van der Waals surface area (Å²) in [5.41, 5.74) is -0.574. The second-order valence-corrected chi connectivity index (χ2v) is 4.88. The van der Waals surface area contributed by atoms with Crippen molar-refractivity contribution in [3.63, 3.8) is 0 Å². The summed E-state index contributed by atoms with van der Waals surface area (Å²) in [5, 5.41) is 2.80. The zero-order valence-corrected chi connectivity index (χ0v) is 11.7. The summed E-state index contributed by atoms with van der Waals surface area (Å²) in [4.78, 5) is 11.3. The van der Waals surface area contributed by atoms with Gasteiger partial charge in [0.15, 0.2) is 0 Å². The van der Waals surface area contributed by atoms with E-state index in [0.717, 1.165) is 0 Å². The maximum absolute atomic E-state index is 11.6. The smallest absolute Gasteiger partial charge is 0.237 e. The van der Waals surface area contributed by atoms with Gasteiger partial charge >= 0.3 is 0 Å².